The van der Waals surface area contributed by atoms with Gasteiger partial charge in [-0.15, -0.1) is 11.8 Å². The molecule has 2 heteroatoms. The molecule has 1 nitrogen and oxygen atoms in total. The lowest BCUT2D eigenvalue weighted by Gasteiger charge is -2.25. The van der Waals surface area contributed by atoms with Crippen LogP contribution in [0.25, 0.3) is 0 Å². The summed E-state index contributed by atoms with van der Waals surface area (Å²) in [5, 5.41) is 3.74. The van der Waals surface area contributed by atoms with Crippen molar-refractivity contribution < 1.29 is 0 Å². The summed E-state index contributed by atoms with van der Waals surface area (Å²) in [7, 11) is 0. The van der Waals surface area contributed by atoms with Gasteiger partial charge in [0.1, 0.15) is 0 Å². The van der Waals surface area contributed by atoms with Crippen molar-refractivity contribution in [1.29, 1.82) is 0 Å². The lowest BCUT2D eigenvalue weighted by atomic mass is 10.0. The number of hydrogen-bond acceptors (Lipinski definition) is 2. The molecule has 1 aliphatic carbocycles. The Morgan fingerprint density at radius 1 is 1.14 bits per heavy atom. The third-order valence-corrected chi connectivity index (χ3v) is 4.10. The highest BCUT2D eigenvalue weighted by Crippen LogP contribution is 2.37. The Morgan fingerprint density at radius 2 is 2.00 bits per heavy atom. The lowest BCUT2D eigenvalue weighted by molar-refractivity contribution is 0.507. The Kier molecular flexibility index (Phi) is 2.26. The van der Waals surface area contributed by atoms with Crippen molar-refractivity contribution >= 4 is 11.8 Å². The van der Waals surface area contributed by atoms with E-state index >= 15 is 0 Å². The van der Waals surface area contributed by atoms with E-state index < -0.39 is 0 Å². The predicted molar refractivity (Wildman–Crippen MR) is 60.7 cm³/mol. The van der Waals surface area contributed by atoms with Gasteiger partial charge in [-0.25, -0.2) is 0 Å². The average molecular weight is 205 g/mol. The summed E-state index contributed by atoms with van der Waals surface area (Å²) in [5.74, 6) is 1.27. The number of hydrogen-bond donors (Lipinski definition) is 1. The second kappa shape index (κ2) is 3.59. The zero-order valence-corrected chi connectivity index (χ0v) is 9.02. The van der Waals surface area contributed by atoms with E-state index in [1.807, 2.05) is 11.8 Å². The first-order valence-corrected chi connectivity index (χ1v) is 6.40. The molecule has 0 bridgehead atoms. The highest BCUT2D eigenvalue weighted by atomic mass is 32.2. The zero-order chi connectivity index (χ0) is 9.38. The number of benzene rings is 1. The zero-order valence-electron chi connectivity index (χ0n) is 8.20. The van der Waals surface area contributed by atoms with Gasteiger partial charge >= 0.3 is 0 Å². The molecule has 0 radical (unpaired) electrons. The molecule has 1 saturated carbocycles. The van der Waals surface area contributed by atoms with Crippen molar-refractivity contribution in [3.8, 4) is 0 Å². The van der Waals surface area contributed by atoms with E-state index in [4.69, 9.17) is 0 Å². The molecule has 1 aliphatic heterocycles. The standard InChI is InChI=1S/C12H15NS/c1-2-4-12-10(3-1)11(7-8-14-12)13-9-5-6-9/h1-4,9,11,13H,5-8H2. The smallest absolute Gasteiger partial charge is 0.0341 e. The fraction of sp³-hybridized carbons (Fsp3) is 0.500. The van der Waals surface area contributed by atoms with Gasteiger partial charge < -0.3 is 5.32 Å². The molecule has 0 saturated heterocycles. The first-order chi connectivity index (χ1) is 6.93. The monoisotopic (exact) mass is 205 g/mol. The average Bonchev–Trinajstić information content (AvgIpc) is 3.03. The van der Waals surface area contributed by atoms with Crippen LogP contribution >= 0.6 is 11.8 Å². The maximum atomic E-state index is 3.74. The summed E-state index contributed by atoms with van der Waals surface area (Å²) in [5.41, 5.74) is 1.52. The lowest BCUT2D eigenvalue weighted by Crippen LogP contribution is -2.26. The Bertz CT molecular complexity index is 333. The van der Waals surface area contributed by atoms with Crippen molar-refractivity contribution in [1.82, 2.24) is 5.32 Å². The Morgan fingerprint density at radius 3 is 2.86 bits per heavy atom. The molecule has 1 unspecified atom stereocenters. The topological polar surface area (TPSA) is 12.0 Å². The van der Waals surface area contributed by atoms with Crippen LogP contribution in [0.5, 0.6) is 0 Å². The maximum absolute atomic E-state index is 3.74. The molecule has 0 amide bonds. The normalized spacial score (nSPS) is 25.9. The Balaban J connectivity index is 1.85. The number of rotatable bonds is 2. The van der Waals surface area contributed by atoms with Crippen molar-refractivity contribution in [3.63, 3.8) is 0 Å². The second-order valence-corrected chi connectivity index (χ2v) is 5.31. The van der Waals surface area contributed by atoms with Crippen LogP contribution in [0, 0.1) is 0 Å². The SMILES string of the molecule is c1ccc2c(c1)SCCC2NC1CC1. The summed E-state index contributed by atoms with van der Waals surface area (Å²) in [6.07, 6.45) is 4.05. The van der Waals surface area contributed by atoms with Gasteiger partial charge in [0.25, 0.3) is 0 Å². The van der Waals surface area contributed by atoms with Crippen LogP contribution in [-0.2, 0) is 0 Å². The largest absolute Gasteiger partial charge is 0.307 e. The third kappa shape index (κ3) is 1.69. The van der Waals surface area contributed by atoms with E-state index in [2.05, 4.69) is 29.6 Å². The summed E-state index contributed by atoms with van der Waals surface area (Å²) in [6, 6.07) is 10.3. The number of nitrogens with one attached hydrogen (secondary N) is 1. The first-order valence-electron chi connectivity index (χ1n) is 5.41. The predicted octanol–water partition coefficient (Wildman–Crippen LogP) is 2.98. The molecule has 1 aromatic carbocycles. The maximum Gasteiger partial charge on any atom is 0.0341 e. The van der Waals surface area contributed by atoms with Crippen LogP contribution in [0.2, 0.25) is 0 Å². The van der Waals surface area contributed by atoms with Crippen LogP contribution in [0.1, 0.15) is 30.9 Å². The molecule has 0 aromatic heterocycles. The number of thioether (sulfide) groups is 1. The summed E-state index contributed by atoms with van der Waals surface area (Å²) >= 11 is 2.00. The third-order valence-electron chi connectivity index (χ3n) is 2.97. The molecular formula is C12H15NS. The van der Waals surface area contributed by atoms with E-state index in [0.717, 1.165) is 6.04 Å². The van der Waals surface area contributed by atoms with Crippen molar-refractivity contribution in [2.75, 3.05) is 5.75 Å². The summed E-state index contributed by atoms with van der Waals surface area (Å²) in [4.78, 5) is 1.48. The van der Waals surface area contributed by atoms with E-state index in [9.17, 15) is 0 Å². The van der Waals surface area contributed by atoms with Crippen LogP contribution in [0.4, 0.5) is 0 Å². The Labute approximate surface area is 89.3 Å². The van der Waals surface area contributed by atoms with Gasteiger partial charge in [0, 0.05) is 17.0 Å². The van der Waals surface area contributed by atoms with Crippen molar-refractivity contribution in [2.45, 2.75) is 36.2 Å². The van der Waals surface area contributed by atoms with Gasteiger partial charge in [0.15, 0.2) is 0 Å². The van der Waals surface area contributed by atoms with Crippen molar-refractivity contribution in [3.05, 3.63) is 29.8 Å². The summed E-state index contributed by atoms with van der Waals surface area (Å²) < 4.78 is 0. The minimum atomic E-state index is 0.625. The highest BCUT2D eigenvalue weighted by molar-refractivity contribution is 7.99. The van der Waals surface area contributed by atoms with Crippen LogP contribution in [-0.4, -0.2) is 11.8 Å². The molecule has 1 heterocycles. The van der Waals surface area contributed by atoms with Gasteiger partial charge in [-0.2, -0.15) is 0 Å². The van der Waals surface area contributed by atoms with Gasteiger partial charge in [-0.05, 0) is 36.6 Å². The molecule has 74 valence electrons. The fourth-order valence-electron chi connectivity index (χ4n) is 2.05. The minimum Gasteiger partial charge on any atom is -0.307 e. The molecule has 1 N–H and O–H groups in total. The van der Waals surface area contributed by atoms with E-state index in [-0.39, 0.29) is 0 Å². The second-order valence-electron chi connectivity index (χ2n) is 4.17. The molecule has 3 rings (SSSR count). The van der Waals surface area contributed by atoms with E-state index in [0.29, 0.717) is 6.04 Å². The molecule has 1 atom stereocenters. The van der Waals surface area contributed by atoms with E-state index in [1.54, 1.807) is 0 Å². The number of fused-ring (bicyclic) bond motifs is 1. The highest BCUT2D eigenvalue weighted by Gasteiger charge is 2.27. The van der Waals surface area contributed by atoms with Crippen LogP contribution < -0.4 is 5.32 Å². The fourth-order valence-corrected chi connectivity index (χ4v) is 3.17. The van der Waals surface area contributed by atoms with Gasteiger partial charge in [-0.3, -0.25) is 0 Å². The quantitative estimate of drug-likeness (QED) is 0.796. The van der Waals surface area contributed by atoms with E-state index in [1.165, 1.54) is 35.5 Å². The molecular weight excluding hydrogens is 190 g/mol. The first kappa shape index (κ1) is 8.81. The van der Waals surface area contributed by atoms with Gasteiger partial charge in [-0.1, -0.05) is 18.2 Å². The molecule has 2 aliphatic rings. The minimum absolute atomic E-state index is 0.625. The van der Waals surface area contributed by atoms with Crippen LogP contribution in [0.15, 0.2) is 29.2 Å². The van der Waals surface area contributed by atoms with Gasteiger partial charge in [0.05, 0.1) is 0 Å². The van der Waals surface area contributed by atoms with Crippen molar-refractivity contribution in [2.24, 2.45) is 0 Å². The van der Waals surface area contributed by atoms with Gasteiger partial charge in [0.2, 0.25) is 0 Å². The Hall–Kier alpha value is -0.470. The summed E-state index contributed by atoms with van der Waals surface area (Å²) in [6.45, 7) is 0. The van der Waals surface area contributed by atoms with Crippen LogP contribution in [0.3, 0.4) is 0 Å². The molecule has 14 heavy (non-hydrogen) atoms. The molecule has 0 spiro atoms. The molecule has 1 fully saturated rings. The molecule has 1 aromatic rings.